The van der Waals surface area contributed by atoms with Gasteiger partial charge in [-0.2, -0.15) is 0 Å². The van der Waals surface area contributed by atoms with E-state index in [1.807, 2.05) is 0 Å². The SMILES string of the molecule is CCNC(=NCc1ccc(CN(C)C)cc1)NCC. The predicted octanol–water partition coefficient (Wildman–Crippen LogP) is 1.82. The Kier molecular flexibility index (Phi) is 6.97. The molecule has 1 rings (SSSR count). The van der Waals surface area contributed by atoms with Crippen LogP contribution >= 0.6 is 0 Å². The van der Waals surface area contributed by atoms with Crippen LogP contribution in [0.4, 0.5) is 0 Å². The first kappa shape index (κ1) is 15.5. The van der Waals surface area contributed by atoms with E-state index in [9.17, 15) is 0 Å². The number of nitrogens with one attached hydrogen (secondary N) is 2. The van der Waals surface area contributed by atoms with Crippen LogP contribution in [-0.4, -0.2) is 38.0 Å². The van der Waals surface area contributed by atoms with E-state index in [2.05, 4.69) is 72.7 Å². The van der Waals surface area contributed by atoms with Gasteiger partial charge in [0.15, 0.2) is 5.96 Å². The molecule has 0 amide bonds. The Balaban J connectivity index is 2.58. The van der Waals surface area contributed by atoms with Crippen LogP contribution in [0.1, 0.15) is 25.0 Å². The van der Waals surface area contributed by atoms with Gasteiger partial charge in [-0.1, -0.05) is 24.3 Å². The summed E-state index contributed by atoms with van der Waals surface area (Å²) >= 11 is 0. The number of rotatable bonds is 6. The minimum atomic E-state index is 0.706. The number of guanidine groups is 1. The second kappa shape index (κ2) is 8.53. The second-order valence-corrected chi connectivity index (χ2v) is 4.78. The second-order valence-electron chi connectivity index (χ2n) is 4.78. The van der Waals surface area contributed by atoms with Crippen molar-refractivity contribution < 1.29 is 0 Å². The summed E-state index contributed by atoms with van der Waals surface area (Å²) in [6.07, 6.45) is 0. The molecule has 0 saturated heterocycles. The van der Waals surface area contributed by atoms with Gasteiger partial charge in [-0.25, -0.2) is 4.99 Å². The van der Waals surface area contributed by atoms with Gasteiger partial charge in [0.05, 0.1) is 6.54 Å². The van der Waals surface area contributed by atoms with Gasteiger partial charge in [0.2, 0.25) is 0 Å². The molecule has 0 aliphatic rings. The highest BCUT2D eigenvalue weighted by atomic mass is 15.2. The zero-order valence-corrected chi connectivity index (χ0v) is 12.5. The van der Waals surface area contributed by atoms with E-state index in [1.165, 1.54) is 11.1 Å². The summed E-state index contributed by atoms with van der Waals surface area (Å²) in [4.78, 5) is 6.72. The van der Waals surface area contributed by atoms with Crippen molar-refractivity contribution in [2.45, 2.75) is 26.9 Å². The van der Waals surface area contributed by atoms with Gasteiger partial charge in [-0.3, -0.25) is 0 Å². The molecule has 4 nitrogen and oxygen atoms in total. The average Bonchev–Trinajstić information content (AvgIpc) is 2.37. The van der Waals surface area contributed by atoms with Crippen LogP contribution in [0, 0.1) is 0 Å². The van der Waals surface area contributed by atoms with E-state index in [-0.39, 0.29) is 0 Å². The van der Waals surface area contributed by atoms with Gasteiger partial charge in [0.1, 0.15) is 0 Å². The number of nitrogens with zero attached hydrogens (tertiary/aromatic N) is 2. The normalized spacial score (nSPS) is 10.4. The van der Waals surface area contributed by atoms with Crippen LogP contribution in [0.25, 0.3) is 0 Å². The molecule has 0 aliphatic heterocycles. The van der Waals surface area contributed by atoms with Crippen molar-refractivity contribution in [3.05, 3.63) is 35.4 Å². The van der Waals surface area contributed by atoms with Gasteiger partial charge in [-0.05, 0) is 39.1 Å². The van der Waals surface area contributed by atoms with E-state index in [1.54, 1.807) is 0 Å². The maximum absolute atomic E-state index is 4.55. The number of hydrogen-bond acceptors (Lipinski definition) is 2. The monoisotopic (exact) mass is 262 g/mol. The molecule has 0 spiro atoms. The molecule has 19 heavy (non-hydrogen) atoms. The first-order valence-corrected chi connectivity index (χ1v) is 6.90. The van der Waals surface area contributed by atoms with Crippen LogP contribution in [0.5, 0.6) is 0 Å². The van der Waals surface area contributed by atoms with Crippen molar-refractivity contribution >= 4 is 5.96 Å². The van der Waals surface area contributed by atoms with Crippen molar-refractivity contribution in [1.29, 1.82) is 0 Å². The Morgan fingerprint density at radius 1 is 1.00 bits per heavy atom. The summed E-state index contributed by atoms with van der Waals surface area (Å²) in [7, 11) is 4.16. The molecule has 0 aromatic heterocycles. The number of aliphatic imine (C=N–C) groups is 1. The van der Waals surface area contributed by atoms with Gasteiger partial charge >= 0.3 is 0 Å². The molecule has 0 saturated carbocycles. The first-order valence-electron chi connectivity index (χ1n) is 6.90. The summed E-state index contributed by atoms with van der Waals surface area (Å²) in [5, 5.41) is 6.45. The lowest BCUT2D eigenvalue weighted by atomic mass is 10.1. The minimum absolute atomic E-state index is 0.706. The molecule has 0 fully saturated rings. The maximum Gasteiger partial charge on any atom is 0.191 e. The Morgan fingerprint density at radius 3 is 2.00 bits per heavy atom. The lowest BCUT2D eigenvalue weighted by molar-refractivity contribution is 0.402. The Morgan fingerprint density at radius 2 is 1.53 bits per heavy atom. The highest BCUT2D eigenvalue weighted by molar-refractivity contribution is 5.79. The fourth-order valence-corrected chi connectivity index (χ4v) is 1.79. The van der Waals surface area contributed by atoms with Crippen molar-refractivity contribution in [1.82, 2.24) is 15.5 Å². The summed E-state index contributed by atoms with van der Waals surface area (Å²) in [6, 6.07) is 8.64. The fourth-order valence-electron chi connectivity index (χ4n) is 1.79. The summed E-state index contributed by atoms with van der Waals surface area (Å²) in [5.41, 5.74) is 2.56. The van der Waals surface area contributed by atoms with Crippen molar-refractivity contribution in [2.75, 3.05) is 27.2 Å². The molecule has 0 aliphatic carbocycles. The molecule has 4 heteroatoms. The van der Waals surface area contributed by atoms with Gasteiger partial charge in [-0.15, -0.1) is 0 Å². The smallest absolute Gasteiger partial charge is 0.191 e. The van der Waals surface area contributed by atoms with Gasteiger partial charge < -0.3 is 15.5 Å². The Bertz CT molecular complexity index is 374. The lowest BCUT2D eigenvalue weighted by Crippen LogP contribution is -2.36. The van der Waals surface area contributed by atoms with Crippen LogP contribution in [-0.2, 0) is 13.1 Å². The number of hydrogen-bond donors (Lipinski definition) is 2. The third kappa shape index (κ3) is 6.25. The lowest BCUT2D eigenvalue weighted by Gasteiger charge is -2.10. The predicted molar refractivity (Wildman–Crippen MR) is 82.3 cm³/mol. The van der Waals surface area contributed by atoms with Crippen molar-refractivity contribution in [2.24, 2.45) is 4.99 Å². The zero-order valence-electron chi connectivity index (χ0n) is 12.5. The molecule has 106 valence electrons. The van der Waals surface area contributed by atoms with Crippen LogP contribution in [0.3, 0.4) is 0 Å². The van der Waals surface area contributed by atoms with E-state index in [4.69, 9.17) is 0 Å². The summed E-state index contributed by atoms with van der Waals surface area (Å²) in [6.45, 7) is 7.59. The topological polar surface area (TPSA) is 39.7 Å². The van der Waals surface area contributed by atoms with Crippen LogP contribution in [0.15, 0.2) is 29.3 Å². The number of benzene rings is 1. The Labute approximate surface area is 116 Å². The molecule has 0 heterocycles. The molecule has 0 bridgehead atoms. The molecule has 0 atom stereocenters. The molecular weight excluding hydrogens is 236 g/mol. The molecule has 0 unspecified atom stereocenters. The standard InChI is InChI=1S/C15H26N4/c1-5-16-15(17-6-2)18-11-13-7-9-14(10-8-13)12-19(3)4/h7-10H,5-6,11-12H2,1-4H3,(H2,16,17,18). The molecule has 1 aromatic rings. The largest absolute Gasteiger partial charge is 0.357 e. The van der Waals surface area contributed by atoms with Crippen LogP contribution < -0.4 is 10.6 Å². The molecular formula is C15H26N4. The maximum atomic E-state index is 4.55. The summed E-state index contributed by atoms with van der Waals surface area (Å²) in [5.74, 6) is 0.877. The zero-order chi connectivity index (χ0) is 14.1. The highest BCUT2D eigenvalue weighted by Gasteiger charge is 1.98. The van der Waals surface area contributed by atoms with Gasteiger partial charge in [0, 0.05) is 19.6 Å². The quantitative estimate of drug-likeness (QED) is 0.607. The fraction of sp³-hybridized carbons (Fsp3) is 0.533. The minimum Gasteiger partial charge on any atom is -0.357 e. The Hall–Kier alpha value is -1.55. The van der Waals surface area contributed by atoms with E-state index in [0.717, 1.165) is 25.6 Å². The molecule has 2 N–H and O–H groups in total. The summed E-state index contributed by atoms with van der Waals surface area (Å²) < 4.78 is 0. The average molecular weight is 262 g/mol. The highest BCUT2D eigenvalue weighted by Crippen LogP contribution is 2.07. The third-order valence-corrected chi connectivity index (χ3v) is 2.63. The first-order chi connectivity index (χ1) is 9.15. The van der Waals surface area contributed by atoms with E-state index >= 15 is 0 Å². The van der Waals surface area contributed by atoms with Crippen molar-refractivity contribution in [3.63, 3.8) is 0 Å². The van der Waals surface area contributed by atoms with E-state index < -0.39 is 0 Å². The van der Waals surface area contributed by atoms with Gasteiger partial charge in [0.25, 0.3) is 0 Å². The van der Waals surface area contributed by atoms with Crippen LogP contribution in [0.2, 0.25) is 0 Å². The van der Waals surface area contributed by atoms with Crippen molar-refractivity contribution in [3.8, 4) is 0 Å². The molecule has 0 radical (unpaired) electrons. The molecule has 1 aromatic carbocycles. The third-order valence-electron chi connectivity index (χ3n) is 2.63. The van der Waals surface area contributed by atoms with E-state index in [0.29, 0.717) is 6.54 Å².